The van der Waals surface area contributed by atoms with E-state index in [-0.39, 0.29) is 0 Å². The van der Waals surface area contributed by atoms with Crippen molar-refractivity contribution in [3.05, 3.63) is 28.8 Å². The summed E-state index contributed by atoms with van der Waals surface area (Å²) in [5.74, 6) is 0. The van der Waals surface area contributed by atoms with Crippen LogP contribution < -0.4 is 5.32 Å². The summed E-state index contributed by atoms with van der Waals surface area (Å²) in [5, 5.41) is 5.14. The van der Waals surface area contributed by atoms with E-state index >= 15 is 0 Å². The van der Waals surface area contributed by atoms with Crippen molar-refractivity contribution in [3.63, 3.8) is 0 Å². The van der Waals surface area contributed by atoms with Crippen LogP contribution in [0.3, 0.4) is 0 Å². The third-order valence-electron chi connectivity index (χ3n) is 2.97. The van der Waals surface area contributed by atoms with E-state index < -0.39 is 0 Å². The molecule has 0 spiro atoms. The first-order valence-electron chi connectivity index (χ1n) is 5.95. The highest BCUT2D eigenvalue weighted by Gasteiger charge is 2.31. The summed E-state index contributed by atoms with van der Waals surface area (Å²) in [6.07, 6.45) is 2.37. The summed E-state index contributed by atoms with van der Waals surface area (Å²) in [5.41, 5.74) is 1.39. The number of fused-ring (bicyclic) bond motifs is 1. The van der Waals surface area contributed by atoms with Gasteiger partial charge in [-0.15, -0.1) is 11.8 Å². The molecular weight excluding hydrogens is 238 g/mol. The minimum atomic E-state index is 0.476. The van der Waals surface area contributed by atoms with E-state index in [4.69, 9.17) is 11.6 Å². The number of nitrogens with one attached hydrogen (secondary N) is 1. The Morgan fingerprint density at radius 2 is 2.19 bits per heavy atom. The summed E-state index contributed by atoms with van der Waals surface area (Å²) < 4.78 is 0. The van der Waals surface area contributed by atoms with Crippen LogP contribution in [-0.4, -0.2) is 11.8 Å². The van der Waals surface area contributed by atoms with Gasteiger partial charge in [0, 0.05) is 21.2 Å². The lowest BCUT2D eigenvalue weighted by Crippen LogP contribution is -2.27. The van der Waals surface area contributed by atoms with Gasteiger partial charge in [0.15, 0.2) is 0 Å². The van der Waals surface area contributed by atoms with Gasteiger partial charge in [0.05, 0.1) is 0 Å². The van der Waals surface area contributed by atoms with Gasteiger partial charge in [-0.2, -0.15) is 0 Å². The first kappa shape index (κ1) is 12.3. The Labute approximate surface area is 107 Å². The van der Waals surface area contributed by atoms with E-state index in [1.807, 2.05) is 17.8 Å². The number of benzene rings is 1. The summed E-state index contributed by atoms with van der Waals surface area (Å²) >= 11 is 8.06. The van der Waals surface area contributed by atoms with Crippen molar-refractivity contribution in [2.45, 2.75) is 42.9 Å². The van der Waals surface area contributed by atoms with E-state index in [0.717, 1.165) is 11.6 Å². The van der Waals surface area contributed by atoms with Crippen LogP contribution in [0.5, 0.6) is 0 Å². The summed E-state index contributed by atoms with van der Waals surface area (Å²) in [6, 6.07) is 6.73. The van der Waals surface area contributed by atoms with Gasteiger partial charge in [0.25, 0.3) is 0 Å². The molecule has 1 heterocycles. The van der Waals surface area contributed by atoms with Crippen LogP contribution >= 0.6 is 23.4 Å². The van der Waals surface area contributed by atoms with Gasteiger partial charge in [-0.05, 0) is 43.1 Å². The van der Waals surface area contributed by atoms with Crippen LogP contribution in [0.1, 0.15) is 38.3 Å². The van der Waals surface area contributed by atoms with E-state index in [9.17, 15) is 0 Å². The average Bonchev–Trinajstić information content (AvgIpc) is 2.63. The molecular formula is C13H18ClNS. The van der Waals surface area contributed by atoms with Crippen molar-refractivity contribution in [2.75, 3.05) is 6.54 Å². The Morgan fingerprint density at radius 1 is 1.38 bits per heavy atom. The van der Waals surface area contributed by atoms with E-state index in [2.05, 4.69) is 31.3 Å². The molecule has 0 amide bonds. The van der Waals surface area contributed by atoms with Gasteiger partial charge in [0.1, 0.15) is 0 Å². The largest absolute Gasteiger partial charge is 0.309 e. The molecule has 0 aromatic heterocycles. The van der Waals surface area contributed by atoms with Gasteiger partial charge in [-0.1, -0.05) is 25.4 Å². The molecule has 1 N–H and O–H groups in total. The molecule has 2 atom stereocenters. The molecule has 0 aliphatic carbocycles. The Kier molecular flexibility index (Phi) is 4.17. The molecule has 88 valence electrons. The molecule has 1 aromatic rings. The number of rotatable bonds is 4. The number of hydrogen-bond donors (Lipinski definition) is 1. The predicted octanol–water partition coefficient (Wildman–Crippen LogP) is 4.27. The number of thioether (sulfide) groups is 1. The zero-order valence-corrected chi connectivity index (χ0v) is 11.4. The first-order chi connectivity index (χ1) is 7.76. The van der Waals surface area contributed by atoms with Crippen molar-refractivity contribution in [1.29, 1.82) is 0 Å². The normalized spacial score (nSPS) is 23.4. The Balaban J connectivity index is 2.24. The van der Waals surface area contributed by atoms with Crippen molar-refractivity contribution in [3.8, 4) is 0 Å². The summed E-state index contributed by atoms with van der Waals surface area (Å²) in [4.78, 5) is 1.39. The second-order valence-electron chi connectivity index (χ2n) is 4.18. The smallest absolute Gasteiger partial charge is 0.0455 e. The fraction of sp³-hybridized carbons (Fsp3) is 0.538. The fourth-order valence-electron chi connectivity index (χ4n) is 2.16. The molecule has 1 nitrogen and oxygen atoms in total. The Bertz CT molecular complexity index is 367. The second kappa shape index (κ2) is 5.44. The molecule has 3 heteroatoms. The molecule has 2 rings (SSSR count). The summed E-state index contributed by atoms with van der Waals surface area (Å²) in [6.45, 7) is 5.54. The maximum Gasteiger partial charge on any atom is 0.0455 e. The van der Waals surface area contributed by atoms with Gasteiger partial charge in [0.2, 0.25) is 0 Å². The number of hydrogen-bond acceptors (Lipinski definition) is 2. The zero-order chi connectivity index (χ0) is 11.5. The standard InChI is InChI=1S/C13H18ClNS/c1-3-7-15-13-10-8-9(14)5-6-12(10)16-11(13)4-2/h5-6,8,11,13,15H,3-4,7H2,1-2H3. The molecule has 0 saturated carbocycles. The molecule has 16 heavy (non-hydrogen) atoms. The SMILES string of the molecule is CCCNC1c2cc(Cl)ccc2SC1CC. The third kappa shape index (κ3) is 2.39. The monoisotopic (exact) mass is 255 g/mol. The molecule has 0 fully saturated rings. The first-order valence-corrected chi connectivity index (χ1v) is 7.21. The minimum absolute atomic E-state index is 0.476. The molecule has 0 saturated heterocycles. The van der Waals surface area contributed by atoms with Crippen molar-refractivity contribution in [1.82, 2.24) is 5.32 Å². The quantitative estimate of drug-likeness (QED) is 0.863. The highest BCUT2D eigenvalue weighted by Crippen LogP contribution is 2.46. The molecule has 0 radical (unpaired) electrons. The fourth-order valence-corrected chi connectivity index (χ4v) is 3.68. The Morgan fingerprint density at radius 3 is 2.88 bits per heavy atom. The van der Waals surface area contributed by atoms with Crippen molar-refractivity contribution in [2.24, 2.45) is 0 Å². The van der Waals surface area contributed by atoms with Crippen molar-refractivity contribution < 1.29 is 0 Å². The van der Waals surface area contributed by atoms with Crippen molar-refractivity contribution >= 4 is 23.4 Å². The van der Waals surface area contributed by atoms with Crippen LogP contribution in [0.15, 0.2) is 23.1 Å². The molecule has 0 bridgehead atoms. The lowest BCUT2D eigenvalue weighted by Gasteiger charge is -2.19. The highest BCUT2D eigenvalue weighted by atomic mass is 35.5. The minimum Gasteiger partial charge on any atom is -0.309 e. The van der Waals surface area contributed by atoms with E-state index in [1.165, 1.54) is 23.3 Å². The molecule has 1 aromatic carbocycles. The maximum atomic E-state index is 6.08. The zero-order valence-electron chi connectivity index (χ0n) is 9.79. The van der Waals surface area contributed by atoms with E-state index in [0.29, 0.717) is 11.3 Å². The summed E-state index contributed by atoms with van der Waals surface area (Å²) in [7, 11) is 0. The molecule has 1 aliphatic heterocycles. The van der Waals surface area contributed by atoms with Gasteiger partial charge >= 0.3 is 0 Å². The van der Waals surface area contributed by atoms with Gasteiger partial charge in [-0.3, -0.25) is 0 Å². The lowest BCUT2D eigenvalue weighted by molar-refractivity contribution is 0.510. The third-order valence-corrected chi connectivity index (χ3v) is 4.74. The van der Waals surface area contributed by atoms with Crippen LogP contribution in [0.25, 0.3) is 0 Å². The van der Waals surface area contributed by atoms with E-state index in [1.54, 1.807) is 0 Å². The van der Waals surface area contributed by atoms with Crippen LogP contribution in [0.2, 0.25) is 5.02 Å². The lowest BCUT2D eigenvalue weighted by atomic mass is 10.0. The van der Waals surface area contributed by atoms with Crippen LogP contribution in [-0.2, 0) is 0 Å². The average molecular weight is 256 g/mol. The second-order valence-corrected chi connectivity index (χ2v) is 5.90. The van der Waals surface area contributed by atoms with Crippen LogP contribution in [0, 0.1) is 0 Å². The predicted molar refractivity (Wildman–Crippen MR) is 72.4 cm³/mol. The highest BCUT2D eigenvalue weighted by molar-refractivity contribution is 8.00. The molecule has 1 aliphatic rings. The van der Waals surface area contributed by atoms with Gasteiger partial charge < -0.3 is 5.32 Å². The maximum absolute atomic E-state index is 6.08. The van der Waals surface area contributed by atoms with Crippen LogP contribution in [0.4, 0.5) is 0 Å². The number of halogens is 1. The van der Waals surface area contributed by atoms with Gasteiger partial charge in [-0.25, -0.2) is 0 Å². The topological polar surface area (TPSA) is 12.0 Å². The molecule has 2 unspecified atom stereocenters. The Hall–Kier alpha value is -0.180.